The molecule has 1 aromatic heterocycles. The van der Waals surface area contributed by atoms with Gasteiger partial charge < -0.3 is 14.0 Å². The number of aromatic nitrogens is 1. The zero-order valence-corrected chi connectivity index (χ0v) is 31.0. The normalized spacial score (nSPS) is 12.6. The maximum absolute atomic E-state index is 12.9. The number of alkyl halides is 3. The zero-order valence-electron chi connectivity index (χ0n) is 30.2. The van der Waals surface area contributed by atoms with Crippen molar-refractivity contribution in [3.05, 3.63) is 102 Å². The van der Waals surface area contributed by atoms with Crippen LogP contribution in [0.3, 0.4) is 0 Å². The van der Waals surface area contributed by atoms with Crippen LogP contribution in [0.4, 0.5) is 34.1 Å². The van der Waals surface area contributed by atoms with Crippen LogP contribution in [0.25, 0.3) is 32.9 Å². The summed E-state index contributed by atoms with van der Waals surface area (Å²) in [5.41, 5.74) is -0.708. The van der Waals surface area contributed by atoms with E-state index in [-0.39, 0.29) is 25.0 Å². The Morgan fingerprint density at radius 2 is 1.25 bits per heavy atom. The second kappa shape index (κ2) is 17.6. The van der Waals surface area contributed by atoms with Gasteiger partial charge in [-0.2, -0.15) is 17.7 Å². The fraction of sp³-hybridized carbons (Fsp3) is 0.256. The lowest BCUT2D eigenvalue weighted by Crippen LogP contribution is -2.38. The first-order valence-corrected chi connectivity index (χ1v) is 18.9. The highest BCUT2D eigenvalue weighted by Gasteiger charge is 2.37. The number of fused-ring (bicyclic) bond motifs is 4. The number of imide groups is 1. The quantitative estimate of drug-likeness (QED) is 0.0341. The number of carbonyl (C=O) groups is 4. The second-order valence-electron chi connectivity index (χ2n) is 12.3. The molecule has 0 radical (unpaired) electrons. The van der Waals surface area contributed by atoms with Gasteiger partial charge in [-0.1, -0.05) is 36.4 Å². The van der Waals surface area contributed by atoms with E-state index in [1.807, 2.05) is 66.7 Å². The van der Waals surface area contributed by atoms with Crippen LogP contribution in [0.15, 0.2) is 91.0 Å². The van der Waals surface area contributed by atoms with Crippen LogP contribution in [0.5, 0.6) is 0 Å². The number of carbonyl (C=O) groups excluding carboxylic acids is 4. The topological polar surface area (TPSA) is 175 Å². The van der Waals surface area contributed by atoms with Crippen molar-refractivity contribution in [1.82, 2.24) is 4.90 Å². The Bertz CT molecular complexity index is 2360. The summed E-state index contributed by atoms with van der Waals surface area (Å²) in [5.74, 6) is -0.489. The fourth-order valence-corrected chi connectivity index (χ4v) is 6.25. The number of amides is 4. The van der Waals surface area contributed by atoms with Gasteiger partial charge in [0.2, 0.25) is 11.2 Å². The minimum Gasteiger partial charge on any atom is -0.741 e. The summed E-state index contributed by atoms with van der Waals surface area (Å²) in [6.45, 7) is 4.98. The lowest BCUT2D eigenvalue weighted by Gasteiger charge is -2.15. The van der Waals surface area contributed by atoms with Crippen molar-refractivity contribution in [1.29, 1.82) is 0 Å². The highest BCUT2D eigenvalue weighted by atomic mass is 32.2. The molecule has 5 aromatic rings. The van der Waals surface area contributed by atoms with Crippen molar-refractivity contribution in [2.75, 3.05) is 30.4 Å². The van der Waals surface area contributed by atoms with Crippen LogP contribution in [0, 0.1) is 0 Å². The van der Waals surface area contributed by atoms with Crippen LogP contribution < -0.4 is 15.2 Å². The van der Waals surface area contributed by atoms with Crippen molar-refractivity contribution in [2.45, 2.75) is 45.2 Å². The Kier molecular flexibility index (Phi) is 12.9. The minimum absolute atomic E-state index is 0.245. The number of benzene rings is 4. The van der Waals surface area contributed by atoms with Crippen molar-refractivity contribution in [2.24, 2.45) is 0 Å². The fourth-order valence-electron chi connectivity index (χ4n) is 6.25. The lowest BCUT2D eigenvalue weighted by atomic mass is 9.97. The summed E-state index contributed by atoms with van der Waals surface area (Å²) < 4.78 is 71.4. The third-order valence-corrected chi connectivity index (χ3v) is 9.21. The molecule has 6 rings (SSSR count). The molecule has 2 N–H and O–H groups in total. The molecule has 4 amide bonds. The molecule has 0 unspecified atom stereocenters. The molecule has 0 bridgehead atoms. The number of unbranched alkanes of at least 4 members (excludes halogenated alkanes) is 2. The van der Waals surface area contributed by atoms with Crippen LogP contribution in [-0.4, -0.2) is 67.1 Å². The number of rotatable bonds is 11. The smallest absolute Gasteiger partial charge is 0.485 e. The molecule has 0 saturated heterocycles. The molecular weight excluding hydrogens is 758 g/mol. The molecule has 17 heteroatoms. The largest absolute Gasteiger partial charge is 0.741 e. The van der Waals surface area contributed by atoms with E-state index < -0.39 is 27.8 Å². The molecule has 0 atom stereocenters. The first-order chi connectivity index (χ1) is 26.6. The molecule has 13 nitrogen and oxygen atoms in total. The van der Waals surface area contributed by atoms with Gasteiger partial charge in [-0.15, -0.1) is 0 Å². The van der Waals surface area contributed by atoms with Crippen LogP contribution in [0.1, 0.15) is 53.8 Å². The van der Waals surface area contributed by atoms with Gasteiger partial charge >= 0.3 is 17.7 Å². The van der Waals surface area contributed by atoms with E-state index in [2.05, 4.69) is 15.2 Å². The second-order valence-corrected chi connectivity index (χ2v) is 13.7. The highest BCUT2D eigenvalue weighted by Crippen LogP contribution is 2.35. The summed E-state index contributed by atoms with van der Waals surface area (Å²) in [4.78, 5) is 51.8. The van der Waals surface area contributed by atoms with Gasteiger partial charge in [-0.3, -0.25) is 25.1 Å². The maximum Gasteiger partial charge on any atom is 0.485 e. The number of halogens is 3. The van der Waals surface area contributed by atoms with Gasteiger partial charge in [0.05, 0.1) is 40.8 Å². The predicted molar refractivity (Wildman–Crippen MR) is 200 cm³/mol. The van der Waals surface area contributed by atoms with E-state index >= 15 is 0 Å². The van der Waals surface area contributed by atoms with Crippen LogP contribution in [-0.2, 0) is 26.1 Å². The van der Waals surface area contributed by atoms with Gasteiger partial charge in [-0.25, -0.2) is 18.0 Å². The molecule has 4 aromatic carbocycles. The van der Waals surface area contributed by atoms with E-state index in [9.17, 15) is 32.3 Å². The standard InChI is InChI=1S/C38H36N4O6.CHF3O3S/c1-3-47-37(45)39-26-17-19-28-29-20-18-27(40-38(46)48-4-2)24-33(29)41(34(32(28)23-26)25-13-7-5-8-14-25)21-11-6-12-22-42-35(43)30-15-9-10-16-31(30)36(42)44;2-1(3,4)8(5,6)7/h5,7-10,13-20,23-24H,3-4,6,11-12,21-22H2,1-2H3,(H,39,45);(H,5,6,7). The monoisotopic (exact) mass is 794 g/mol. The number of pyridine rings is 1. The number of nitrogens with zero attached hydrogens (tertiary/aromatic N) is 2. The van der Waals surface area contributed by atoms with Gasteiger partial charge in [0.15, 0.2) is 10.1 Å². The molecular formula is C39H37F3N4O9S. The molecule has 294 valence electrons. The van der Waals surface area contributed by atoms with E-state index in [1.165, 1.54) is 4.90 Å². The van der Waals surface area contributed by atoms with Crippen molar-refractivity contribution in [3.8, 4) is 11.3 Å². The molecule has 2 heterocycles. The van der Waals surface area contributed by atoms with E-state index in [0.29, 0.717) is 42.0 Å². The summed E-state index contributed by atoms with van der Waals surface area (Å²) in [6.07, 6.45) is 1.11. The van der Waals surface area contributed by atoms with Crippen molar-refractivity contribution < 1.29 is 59.4 Å². The third-order valence-electron chi connectivity index (χ3n) is 8.64. The van der Waals surface area contributed by atoms with Crippen molar-refractivity contribution in [3.63, 3.8) is 0 Å². The van der Waals surface area contributed by atoms with E-state index in [0.717, 1.165) is 45.8 Å². The van der Waals surface area contributed by atoms with E-state index in [1.54, 1.807) is 38.1 Å². The molecule has 1 aliphatic heterocycles. The van der Waals surface area contributed by atoms with Crippen LogP contribution in [0.2, 0.25) is 0 Å². The Hall–Kier alpha value is -6.07. The number of ether oxygens (including phenoxy) is 2. The lowest BCUT2D eigenvalue weighted by molar-refractivity contribution is -0.659. The first kappa shape index (κ1) is 41.1. The highest BCUT2D eigenvalue weighted by molar-refractivity contribution is 7.86. The number of anilines is 2. The SMILES string of the molecule is CCOC(=O)Nc1ccc2c(c1)c(-c1ccccc1)[n+](CCCCCN1C(=O)c3ccccc3C1=O)c1cc(NC(=O)OCC)ccc21.O=S(=O)([O-])C(F)(F)F. The average molecular weight is 795 g/mol. The van der Waals surface area contributed by atoms with Gasteiger partial charge in [-0.05, 0) is 75.2 Å². The maximum atomic E-state index is 12.9. The van der Waals surface area contributed by atoms with Gasteiger partial charge in [0.25, 0.3) is 11.8 Å². The van der Waals surface area contributed by atoms with Crippen molar-refractivity contribution >= 4 is 67.2 Å². The molecule has 0 saturated carbocycles. The first-order valence-electron chi connectivity index (χ1n) is 17.5. The average Bonchev–Trinajstić information content (AvgIpc) is 3.39. The predicted octanol–water partition coefficient (Wildman–Crippen LogP) is 7.60. The summed E-state index contributed by atoms with van der Waals surface area (Å²) in [6, 6.07) is 28.5. The van der Waals surface area contributed by atoms with Crippen LogP contribution >= 0.6 is 0 Å². The van der Waals surface area contributed by atoms with Gasteiger partial charge in [0, 0.05) is 35.7 Å². The third kappa shape index (κ3) is 9.41. The summed E-state index contributed by atoms with van der Waals surface area (Å²) >= 11 is 0. The minimum atomic E-state index is -6.09. The summed E-state index contributed by atoms with van der Waals surface area (Å²) in [5, 5.41) is 8.53. The molecule has 1 aliphatic rings. The summed E-state index contributed by atoms with van der Waals surface area (Å²) in [7, 11) is -6.09. The molecule has 0 spiro atoms. The number of aryl methyl sites for hydroxylation is 1. The molecule has 0 aliphatic carbocycles. The molecule has 56 heavy (non-hydrogen) atoms. The van der Waals surface area contributed by atoms with E-state index in [4.69, 9.17) is 22.4 Å². The number of hydrogen-bond donors (Lipinski definition) is 2. The Morgan fingerprint density at radius 1 is 0.732 bits per heavy atom. The Balaban J connectivity index is 0.000000677. The number of hydrogen-bond acceptors (Lipinski definition) is 9. The number of nitrogens with one attached hydrogen (secondary N) is 2. The Morgan fingerprint density at radius 3 is 1.79 bits per heavy atom. The molecule has 0 fully saturated rings. The zero-order chi connectivity index (χ0) is 40.6. The van der Waals surface area contributed by atoms with Gasteiger partial charge in [0.1, 0.15) is 6.54 Å². The Labute approximate surface area is 319 Å².